The Morgan fingerprint density at radius 2 is 2.00 bits per heavy atom. The van der Waals surface area contributed by atoms with Gasteiger partial charge >= 0.3 is 0 Å². The molecule has 0 radical (unpaired) electrons. The van der Waals surface area contributed by atoms with Crippen molar-refractivity contribution in [3.63, 3.8) is 0 Å². The van der Waals surface area contributed by atoms with E-state index in [1.807, 2.05) is 54.6 Å². The minimum absolute atomic E-state index is 0.0683. The first kappa shape index (κ1) is 22.9. The Balaban J connectivity index is 1.14. The van der Waals surface area contributed by atoms with Crippen LogP contribution in [-0.2, 0) is 17.9 Å². The van der Waals surface area contributed by atoms with Gasteiger partial charge in [-0.15, -0.1) is 11.3 Å². The molecule has 34 heavy (non-hydrogen) atoms. The third-order valence-corrected chi connectivity index (χ3v) is 7.64. The summed E-state index contributed by atoms with van der Waals surface area (Å²) in [4.78, 5) is 17.0. The van der Waals surface area contributed by atoms with Gasteiger partial charge in [-0.1, -0.05) is 24.3 Å². The van der Waals surface area contributed by atoms with E-state index in [9.17, 15) is 4.79 Å². The summed E-state index contributed by atoms with van der Waals surface area (Å²) in [7, 11) is 2.15. The molecule has 2 aliphatic heterocycles. The molecule has 178 valence electrons. The van der Waals surface area contributed by atoms with Crippen LogP contribution in [0.15, 0.2) is 54.6 Å². The lowest BCUT2D eigenvalue weighted by molar-refractivity contribution is 0.0392. The number of amides is 1. The largest absolute Gasteiger partial charge is 0.492 e. The molecule has 3 heterocycles. The van der Waals surface area contributed by atoms with Crippen molar-refractivity contribution < 1.29 is 19.0 Å². The van der Waals surface area contributed by atoms with Gasteiger partial charge in [-0.25, -0.2) is 0 Å². The van der Waals surface area contributed by atoms with Crippen LogP contribution in [0.5, 0.6) is 11.5 Å². The van der Waals surface area contributed by atoms with E-state index in [0.717, 1.165) is 65.7 Å². The summed E-state index contributed by atoms with van der Waals surface area (Å²) in [6.07, 6.45) is 2.16. The lowest BCUT2D eigenvalue weighted by Gasteiger charge is -2.31. The number of benzene rings is 2. The lowest BCUT2D eigenvalue weighted by atomic mass is 10.1. The van der Waals surface area contributed by atoms with Crippen LogP contribution in [0, 0.1) is 0 Å². The minimum Gasteiger partial charge on any atom is -0.492 e. The van der Waals surface area contributed by atoms with Crippen LogP contribution in [0.4, 0.5) is 0 Å². The molecule has 0 spiro atoms. The Morgan fingerprint density at radius 1 is 1.15 bits per heavy atom. The average molecular weight is 479 g/mol. The van der Waals surface area contributed by atoms with Crippen LogP contribution in [-0.4, -0.2) is 50.3 Å². The molecular weight excluding hydrogens is 448 g/mol. The first-order valence-corrected chi connectivity index (χ1v) is 12.6. The van der Waals surface area contributed by atoms with Gasteiger partial charge in [0.15, 0.2) is 0 Å². The van der Waals surface area contributed by atoms with Gasteiger partial charge in [0.2, 0.25) is 0 Å². The Bertz CT molecular complexity index is 1140. The van der Waals surface area contributed by atoms with Crippen LogP contribution < -0.4 is 14.8 Å². The summed E-state index contributed by atoms with van der Waals surface area (Å²) in [5, 5.41) is 3.05. The predicted octanol–water partition coefficient (Wildman–Crippen LogP) is 4.73. The van der Waals surface area contributed by atoms with Crippen molar-refractivity contribution in [1.82, 2.24) is 10.2 Å². The monoisotopic (exact) mass is 478 g/mol. The van der Waals surface area contributed by atoms with Gasteiger partial charge in [0.05, 0.1) is 4.88 Å². The van der Waals surface area contributed by atoms with Crippen LogP contribution in [0.2, 0.25) is 0 Å². The van der Waals surface area contributed by atoms with Gasteiger partial charge in [-0.05, 0) is 55.8 Å². The summed E-state index contributed by atoms with van der Waals surface area (Å²) in [5.41, 5.74) is 3.13. The molecule has 7 heteroatoms. The molecule has 0 unspecified atom stereocenters. The summed E-state index contributed by atoms with van der Waals surface area (Å²) in [5.74, 6) is 1.63. The van der Waals surface area contributed by atoms with Gasteiger partial charge in [-0.2, -0.15) is 0 Å². The Labute approximate surface area is 204 Å². The Kier molecular flexibility index (Phi) is 7.13. The number of thiophene rings is 1. The van der Waals surface area contributed by atoms with Crippen molar-refractivity contribution in [2.45, 2.75) is 32.0 Å². The molecule has 1 saturated heterocycles. The summed E-state index contributed by atoms with van der Waals surface area (Å²) < 4.78 is 17.3. The molecule has 1 amide bonds. The number of carbonyl (C=O) groups is 1. The quantitative estimate of drug-likeness (QED) is 0.507. The van der Waals surface area contributed by atoms with Gasteiger partial charge in [0.1, 0.15) is 24.7 Å². The average Bonchev–Trinajstić information content (AvgIpc) is 3.33. The van der Waals surface area contributed by atoms with E-state index in [-0.39, 0.29) is 5.91 Å². The maximum Gasteiger partial charge on any atom is 0.261 e. The van der Waals surface area contributed by atoms with Crippen molar-refractivity contribution in [3.8, 4) is 21.9 Å². The van der Waals surface area contributed by atoms with Crippen molar-refractivity contribution in [2.75, 3.05) is 33.4 Å². The zero-order valence-electron chi connectivity index (χ0n) is 19.4. The predicted molar refractivity (Wildman–Crippen MR) is 134 cm³/mol. The molecule has 0 atom stereocenters. The highest BCUT2D eigenvalue weighted by Gasteiger charge is 2.22. The highest BCUT2D eigenvalue weighted by Crippen LogP contribution is 2.42. The third-order valence-electron chi connectivity index (χ3n) is 6.43. The van der Waals surface area contributed by atoms with Crippen LogP contribution >= 0.6 is 11.3 Å². The van der Waals surface area contributed by atoms with E-state index >= 15 is 0 Å². The number of rotatable bonds is 8. The SMILES string of the molecule is CN(CCOc1cccc(CNC(=O)c2cc3c(s2)-c2ccccc2OC3)c1)C1CCOCC1. The fraction of sp³-hybridized carbons (Fsp3) is 0.370. The zero-order valence-corrected chi connectivity index (χ0v) is 20.2. The highest BCUT2D eigenvalue weighted by atomic mass is 32.1. The highest BCUT2D eigenvalue weighted by molar-refractivity contribution is 7.17. The fourth-order valence-corrected chi connectivity index (χ4v) is 5.56. The fourth-order valence-electron chi connectivity index (χ4n) is 4.44. The van der Waals surface area contributed by atoms with Crippen molar-refractivity contribution in [2.24, 2.45) is 0 Å². The van der Waals surface area contributed by atoms with E-state index in [1.54, 1.807) is 0 Å². The zero-order chi connectivity index (χ0) is 23.3. The molecule has 2 aliphatic rings. The topological polar surface area (TPSA) is 60.0 Å². The minimum atomic E-state index is -0.0683. The first-order chi connectivity index (χ1) is 16.7. The molecule has 6 nitrogen and oxygen atoms in total. The number of nitrogens with one attached hydrogen (secondary N) is 1. The second kappa shape index (κ2) is 10.6. The van der Waals surface area contributed by atoms with E-state index < -0.39 is 0 Å². The van der Waals surface area contributed by atoms with E-state index in [1.165, 1.54) is 11.3 Å². The standard InChI is InChI=1S/C27H30N2O4S/c1-29(21-9-12-31-13-10-21)11-14-32-22-6-4-5-19(15-22)17-28-27(30)25-16-20-18-33-24-8-3-2-7-23(24)26(20)34-25/h2-8,15-16,21H,9-14,17-18H2,1H3,(H,28,30). The van der Waals surface area contributed by atoms with Crippen LogP contribution in [0.3, 0.4) is 0 Å². The van der Waals surface area contributed by atoms with Gasteiger partial charge < -0.3 is 19.5 Å². The molecule has 0 bridgehead atoms. The lowest BCUT2D eigenvalue weighted by Crippen LogP contribution is -2.38. The smallest absolute Gasteiger partial charge is 0.261 e. The number of hydrogen-bond acceptors (Lipinski definition) is 6. The second-order valence-electron chi connectivity index (χ2n) is 8.75. The summed E-state index contributed by atoms with van der Waals surface area (Å²) >= 11 is 1.52. The molecule has 3 aromatic rings. The molecule has 1 aromatic heterocycles. The Morgan fingerprint density at radius 3 is 2.88 bits per heavy atom. The van der Waals surface area contributed by atoms with Crippen molar-refractivity contribution in [3.05, 3.63) is 70.6 Å². The molecular formula is C27H30N2O4S. The van der Waals surface area contributed by atoms with E-state index in [4.69, 9.17) is 14.2 Å². The molecule has 1 N–H and O–H groups in total. The number of para-hydroxylation sites is 1. The van der Waals surface area contributed by atoms with Crippen molar-refractivity contribution >= 4 is 17.2 Å². The maximum absolute atomic E-state index is 12.8. The van der Waals surface area contributed by atoms with Gasteiger partial charge in [0.25, 0.3) is 5.91 Å². The third kappa shape index (κ3) is 5.27. The number of fused-ring (bicyclic) bond motifs is 3. The molecule has 0 saturated carbocycles. The summed E-state index contributed by atoms with van der Waals surface area (Å²) in [6, 6.07) is 18.4. The molecule has 2 aromatic carbocycles. The number of nitrogens with zero attached hydrogens (tertiary/aromatic N) is 1. The van der Waals surface area contributed by atoms with Crippen LogP contribution in [0.25, 0.3) is 10.4 Å². The molecule has 5 rings (SSSR count). The normalized spacial score (nSPS) is 15.4. The Hall–Kier alpha value is -2.87. The maximum atomic E-state index is 12.8. The number of hydrogen-bond donors (Lipinski definition) is 1. The van der Waals surface area contributed by atoms with Gasteiger partial charge in [0, 0.05) is 48.3 Å². The van der Waals surface area contributed by atoms with Gasteiger partial charge in [-0.3, -0.25) is 9.69 Å². The number of ether oxygens (including phenoxy) is 3. The first-order valence-electron chi connectivity index (χ1n) is 11.8. The van der Waals surface area contributed by atoms with E-state index in [0.29, 0.717) is 30.7 Å². The number of likely N-dealkylation sites (N-methyl/N-ethyl adjacent to an activating group) is 1. The molecule has 0 aliphatic carbocycles. The second-order valence-corrected chi connectivity index (χ2v) is 9.80. The summed E-state index contributed by atoms with van der Waals surface area (Å²) in [6.45, 7) is 4.15. The van der Waals surface area contributed by atoms with Crippen LogP contribution in [0.1, 0.15) is 33.6 Å². The molecule has 1 fully saturated rings. The van der Waals surface area contributed by atoms with Crippen molar-refractivity contribution in [1.29, 1.82) is 0 Å². The van der Waals surface area contributed by atoms with E-state index in [2.05, 4.69) is 17.3 Å². The number of carbonyl (C=O) groups excluding carboxylic acids is 1.